The van der Waals surface area contributed by atoms with Crippen LogP contribution in [-0.4, -0.2) is 31.6 Å². The molecule has 1 N–H and O–H groups in total. The van der Waals surface area contributed by atoms with Gasteiger partial charge in [-0.3, -0.25) is 4.72 Å². The fourth-order valence-electron chi connectivity index (χ4n) is 2.50. The van der Waals surface area contributed by atoms with Crippen LogP contribution >= 0.6 is 0 Å². The van der Waals surface area contributed by atoms with Crippen LogP contribution in [0.15, 0.2) is 53.6 Å². The lowest BCUT2D eigenvalue weighted by Gasteiger charge is -2.13. The highest BCUT2D eigenvalue weighted by atomic mass is 32.2. The Morgan fingerprint density at radius 1 is 1.00 bits per heavy atom. The van der Waals surface area contributed by atoms with Gasteiger partial charge in [-0.1, -0.05) is 36.4 Å². The minimum Gasteiger partial charge on any atom is -0.476 e. The summed E-state index contributed by atoms with van der Waals surface area (Å²) in [7, 11) is -3.86. The second-order valence-electron chi connectivity index (χ2n) is 5.32. The number of fused-ring (bicyclic) bond motifs is 1. The zero-order valence-corrected chi connectivity index (χ0v) is 15.3. The highest BCUT2D eigenvalue weighted by Crippen LogP contribution is 2.29. The first-order chi connectivity index (χ1) is 12.5. The van der Waals surface area contributed by atoms with Crippen molar-refractivity contribution in [2.45, 2.75) is 18.7 Å². The van der Waals surface area contributed by atoms with Gasteiger partial charge < -0.3 is 9.47 Å². The van der Waals surface area contributed by atoms with Crippen molar-refractivity contribution in [2.75, 3.05) is 17.9 Å². The molecule has 0 aliphatic rings. The van der Waals surface area contributed by atoms with Crippen molar-refractivity contribution in [3.05, 3.63) is 48.7 Å². The Morgan fingerprint density at radius 2 is 1.73 bits per heavy atom. The maximum Gasteiger partial charge on any atom is 0.319 e. The fourth-order valence-corrected chi connectivity index (χ4v) is 3.77. The molecular formula is C18H19N3O4S. The Morgan fingerprint density at radius 3 is 2.50 bits per heavy atom. The first-order valence-electron chi connectivity index (χ1n) is 8.18. The molecule has 0 bridgehead atoms. The Hall–Kier alpha value is -2.87. The van der Waals surface area contributed by atoms with Gasteiger partial charge in [0.1, 0.15) is 5.69 Å². The van der Waals surface area contributed by atoms with E-state index in [-0.39, 0.29) is 22.5 Å². The number of anilines is 1. The van der Waals surface area contributed by atoms with Crippen LogP contribution < -0.4 is 14.2 Å². The predicted octanol–water partition coefficient (Wildman–Crippen LogP) is 3.23. The van der Waals surface area contributed by atoms with Crippen molar-refractivity contribution in [3.63, 3.8) is 0 Å². The zero-order valence-electron chi connectivity index (χ0n) is 14.5. The van der Waals surface area contributed by atoms with Crippen LogP contribution in [0.4, 0.5) is 5.69 Å². The average molecular weight is 373 g/mol. The minimum atomic E-state index is -3.86. The van der Waals surface area contributed by atoms with Gasteiger partial charge in [0.25, 0.3) is 10.0 Å². The molecule has 0 fully saturated rings. The van der Waals surface area contributed by atoms with Gasteiger partial charge in [-0.2, -0.15) is 4.98 Å². The Balaban J connectivity index is 2.01. The number of sulfonamides is 1. The van der Waals surface area contributed by atoms with Crippen LogP contribution in [0.25, 0.3) is 10.8 Å². The van der Waals surface area contributed by atoms with Gasteiger partial charge in [-0.05, 0) is 25.3 Å². The van der Waals surface area contributed by atoms with E-state index >= 15 is 0 Å². The summed E-state index contributed by atoms with van der Waals surface area (Å²) in [6.07, 6.45) is 1.34. The lowest BCUT2D eigenvalue weighted by molar-refractivity contribution is 0.290. The quantitative estimate of drug-likeness (QED) is 0.684. The van der Waals surface area contributed by atoms with Crippen molar-refractivity contribution < 1.29 is 17.9 Å². The van der Waals surface area contributed by atoms with Crippen molar-refractivity contribution in [1.82, 2.24) is 9.97 Å². The van der Waals surface area contributed by atoms with Crippen molar-refractivity contribution in [2.24, 2.45) is 0 Å². The molecule has 0 amide bonds. The lowest BCUT2D eigenvalue weighted by atomic mass is 10.1. The van der Waals surface area contributed by atoms with Crippen LogP contribution in [0, 0.1) is 0 Å². The summed E-state index contributed by atoms with van der Waals surface area (Å²) in [5, 5.41) is 1.47. The molecule has 8 heteroatoms. The summed E-state index contributed by atoms with van der Waals surface area (Å²) >= 11 is 0. The van der Waals surface area contributed by atoms with E-state index in [1.54, 1.807) is 38.1 Å². The fraction of sp³-hybridized carbons (Fsp3) is 0.222. The number of nitrogens with zero attached hydrogens (tertiary/aromatic N) is 2. The normalized spacial score (nSPS) is 11.3. The number of ether oxygens (including phenoxy) is 2. The van der Waals surface area contributed by atoms with Crippen LogP contribution in [0.3, 0.4) is 0 Å². The number of hydrogen-bond donors (Lipinski definition) is 1. The van der Waals surface area contributed by atoms with Crippen molar-refractivity contribution >= 4 is 26.5 Å². The highest BCUT2D eigenvalue weighted by Gasteiger charge is 2.20. The lowest BCUT2D eigenvalue weighted by Crippen LogP contribution is -2.15. The van der Waals surface area contributed by atoms with Crippen LogP contribution in [0.1, 0.15) is 13.8 Å². The number of benzene rings is 2. The molecule has 1 heterocycles. The molecule has 136 valence electrons. The van der Waals surface area contributed by atoms with E-state index in [0.29, 0.717) is 18.6 Å². The molecule has 0 aliphatic heterocycles. The molecule has 1 aromatic heterocycles. The number of hydrogen-bond acceptors (Lipinski definition) is 6. The molecule has 0 unspecified atom stereocenters. The van der Waals surface area contributed by atoms with E-state index < -0.39 is 10.0 Å². The van der Waals surface area contributed by atoms with Gasteiger partial charge in [0.05, 0.1) is 24.3 Å². The zero-order chi connectivity index (χ0) is 18.6. The highest BCUT2D eigenvalue weighted by molar-refractivity contribution is 7.93. The molecule has 3 rings (SSSR count). The van der Waals surface area contributed by atoms with Gasteiger partial charge in [-0.15, -0.1) is 0 Å². The minimum absolute atomic E-state index is 0.120. The van der Waals surface area contributed by atoms with Crippen LogP contribution in [0.2, 0.25) is 0 Å². The summed E-state index contributed by atoms with van der Waals surface area (Å²) in [5.41, 5.74) is 0.156. The van der Waals surface area contributed by atoms with Crippen LogP contribution in [0.5, 0.6) is 11.9 Å². The molecular weight excluding hydrogens is 354 g/mol. The monoisotopic (exact) mass is 373 g/mol. The summed E-state index contributed by atoms with van der Waals surface area (Å²) in [6.45, 7) is 4.31. The van der Waals surface area contributed by atoms with Gasteiger partial charge >= 0.3 is 6.01 Å². The molecule has 3 aromatic rings. The number of nitrogens with one attached hydrogen (secondary N) is 1. The second-order valence-corrected chi connectivity index (χ2v) is 6.97. The summed E-state index contributed by atoms with van der Waals surface area (Å²) in [5.74, 6) is 0.120. The Bertz CT molecular complexity index is 1020. The Labute approximate surface area is 152 Å². The molecule has 0 saturated heterocycles. The molecule has 0 radical (unpaired) electrons. The van der Waals surface area contributed by atoms with Gasteiger partial charge in [0.15, 0.2) is 0 Å². The van der Waals surface area contributed by atoms with Gasteiger partial charge in [0.2, 0.25) is 5.88 Å². The van der Waals surface area contributed by atoms with E-state index in [4.69, 9.17) is 9.47 Å². The maximum atomic E-state index is 12.9. The van der Waals surface area contributed by atoms with Crippen LogP contribution in [-0.2, 0) is 10.0 Å². The van der Waals surface area contributed by atoms with E-state index in [9.17, 15) is 8.42 Å². The predicted molar refractivity (Wildman–Crippen MR) is 99.1 cm³/mol. The molecule has 0 atom stereocenters. The first kappa shape index (κ1) is 17.9. The van der Waals surface area contributed by atoms with E-state index in [1.807, 2.05) is 18.2 Å². The third-order valence-corrected chi connectivity index (χ3v) is 4.99. The van der Waals surface area contributed by atoms with E-state index in [1.165, 1.54) is 6.20 Å². The topological polar surface area (TPSA) is 90.4 Å². The third kappa shape index (κ3) is 3.70. The second kappa shape index (κ2) is 7.57. The first-order valence-corrected chi connectivity index (χ1v) is 9.66. The smallest absolute Gasteiger partial charge is 0.319 e. The van der Waals surface area contributed by atoms with Crippen molar-refractivity contribution in [3.8, 4) is 11.9 Å². The standard InChI is InChI=1S/C18H19N3O4S/c1-3-24-17-15(12-19-18(20-17)25-4-2)21-26(22,23)16-11-7-9-13-8-5-6-10-14(13)16/h5-12,21H,3-4H2,1-2H3. The maximum absolute atomic E-state index is 12.9. The number of aromatic nitrogens is 2. The molecule has 7 nitrogen and oxygen atoms in total. The summed E-state index contributed by atoms with van der Waals surface area (Å²) in [6, 6.07) is 12.5. The van der Waals surface area contributed by atoms with Crippen molar-refractivity contribution in [1.29, 1.82) is 0 Å². The Kier molecular flexibility index (Phi) is 5.22. The van der Waals surface area contributed by atoms with Gasteiger partial charge in [-0.25, -0.2) is 13.4 Å². The largest absolute Gasteiger partial charge is 0.476 e. The number of rotatable bonds is 7. The molecule has 0 spiro atoms. The summed E-state index contributed by atoms with van der Waals surface area (Å²) in [4.78, 5) is 8.29. The molecule has 26 heavy (non-hydrogen) atoms. The van der Waals surface area contributed by atoms with Gasteiger partial charge in [0, 0.05) is 5.39 Å². The average Bonchev–Trinajstić information content (AvgIpc) is 2.64. The molecule has 0 aliphatic carbocycles. The molecule has 2 aromatic carbocycles. The van der Waals surface area contributed by atoms with E-state index in [2.05, 4.69) is 14.7 Å². The summed E-state index contributed by atoms with van der Waals surface area (Å²) < 4.78 is 39.1. The molecule has 0 saturated carbocycles. The third-order valence-electron chi connectivity index (χ3n) is 3.57. The SMILES string of the molecule is CCOc1ncc(NS(=O)(=O)c2cccc3ccccc23)c(OCC)n1. The van der Waals surface area contributed by atoms with E-state index in [0.717, 1.165) is 5.39 Å².